The Labute approximate surface area is 155 Å². The van der Waals surface area contributed by atoms with Crippen molar-refractivity contribution in [2.75, 3.05) is 26.2 Å². The van der Waals surface area contributed by atoms with E-state index < -0.39 is 0 Å². The Kier molecular flexibility index (Phi) is 6.05. The summed E-state index contributed by atoms with van der Waals surface area (Å²) in [6.07, 6.45) is 1.82. The second-order valence-electron chi connectivity index (χ2n) is 6.74. The molecule has 0 saturated carbocycles. The van der Waals surface area contributed by atoms with Gasteiger partial charge in [-0.2, -0.15) is 0 Å². The van der Waals surface area contributed by atoms with Gasteiger partial charge in [-0.15, -0.1) is 0 Å². The molecule has 136 valence electrons. The molecule has 4 nitrogen and oxygen atoms in total. The maximum absolute atomic E-state index is 13.1. The largest absolute Gasteiger partial charge is 0.339 e. The fraction of sp³-hybridized carbons (Fsp3) is 0.364. The number of nitrogens with zero attached hydrogens (tertiary/aromatic N) is 2. The molecule has 0 spiro atoms. The zero-order chi connectivity index (χ0) is 18.4. The van der Waals surface area contributed by atoms with Crippen LogP contribution >= 0.6 is 0 Å². The third-order valence-corrected chi connectivity index (χ3v) is 4.98. The Bertz CT molecular complexity index is 722. The summed E-state index contributed by atoms with van der Waals surface area (Å²) in [5.41, 5.74) is 1.79. The number of benzene rings is 2. The van der Waals surface area contributed by atoms with Gasteiger partial charge in [-0.1, -0.05) is 61.9 Å². The van der Waals surface area contributed by atoms with Crippen molar-refractivity contribution < 1.29 is 9.59 Å². The van der Waals surface area contributed by atoms with Crippen molar-refractivity contribution in [3.63, 3.8) is 0 Å². The van der Waals surface area contributed by atoms with E-state index in [9.17, 15) is 9.59 Å². The molecule has 1 aliphatic heterocycles. The summed E-state index contributed by atoms with van der Waals surface area (Å²) < 4.78 is 0. The van der Waals surface area contributed by atoms with E-state index in [1.165, 1.54) is 0 Å². The minimum Gasteiger partial charge on any atom is -0.339 e. The first-order chi connectivity index (χ1) is 12.7. The monoisotopic (exact) mass is 350 g/mol. The van der Waals surface area contributed by atoms with Crippen LogP contribution in [0.3, 0.4) is 0 Å². The molecule has 1 heterocycles. The van der Waals surface area contributed by atoms with Crippen LogP contribution < -0.4 is 0 Å². The van der Waals surface area contributed by atoms with Crippen molar-refractivity contribution in [1.29, 1.82) is 0 Å². The number of amides is 2. The van der Waals surface area contributed by atoms with Gasteiger partial charge in [0, 0.05) is 31.7 Å². The Hall–Kier alpha value is -2.62. The van der Waals surface area contributed by atoms with E-state index in [1.807, 2.05) is 70.5 Å². The first kappa shape index (κ1) is 18.2. The van der Waals surface area contributed by atoms with Crippen LogP contribution in [0, 0.1) is 0 Å². The molecular formula is C22H26N2O2. The van der Waals surface area contributed by atoms with Crippen LogP contribution in [0.1, 0.15) is 41.6 Å². The average Bonchev–Trinajstić information content (AvgIpc) is 2.72. The molecule has 4 heteroatoms. The van der Waals surface area contributed by atoms with Crippen molar-refractivity contribution in [1.82, 2.24) is 9.80 Å². The molecule has 1 fully saturated rings. The lowest BCUT2D eigenvalue weighted by atomic mass is 9.93. The fourth-order valence-electron chi connectivity index (χ4n) is 3.52. The van der Waals surface area contributed by atoms with Crippen molar-refractivity contribution in [2.45, 2.75) is 25.7 Å². The summed E-state index contributed by atoms with van der Waals surface area (Å²) in [7, 11) is 0. The van der Waals surface area contributed by atoms with Crippen LogP contribution in [-0.4, -0.2) is 47.8 Å². The number of carbonyl (C=O) groups excluding carboxylic acids is 2. The van der Waals surface area contributed by atoms with Crippen LogP contribution in [0.4, 0.5) is 0 Å². The topological polar surface area (TPSA) is 40.6 Å². The zero-order valence-corrected chi connectivity index (χ0v) is 15.3. The van der Waals surface area contributed by atoms with Gasteiger partial charge in [-0.3, -0.25) is 9.59 Å². The maximum atomic E-state index is 13.1. The first-order valence-corrected chi connectivity index (χ1v) is 9.38. The van der Waals surface area contributed by atoms with Gasteiger partial charge in [-0.05, 0) is 24.1 Å². The predicted octanol–water partition coefficient (Wildman–Crippen LogP) is 3.55. The lowest BCUT2D eigenvalue weighted by Crippen LogP contribution is -2.51. The van der Waals surface area contributed by atoms with Gasteiger partial charge in [0.25, 0.3) is 5.91 Å². The Morgan fingerprint density at radius 3 is 1.96 bits per heavy atom. The molecule has 2 aromatic rings. The Morgan fingerprint density at radius 2 is 1.38 bits per heavy atom. The van der Waals surface area contributed by atoms with Crippen molar-refractivity contribution in [3.8, 4) is 0 Å². The molecular weight excluding hydrogens is 324 g/mol. The van der Waals surface area contributed by atoms with Gasteiger partial charge >= 0.3 is 0 Å². The van der Waals surface area contributed by atoms with Gasteiger partial charge in [0.1, 0.15) is 0 Å². The predicted molar refractivity (Wildman–Crippen MR) is 103 cm³/mol. The minimum absolute atomic E-state index is 0.0471. The maximum Gasteiger partial charge on any atom is 0.253 e. The molecule has 0 bridgehead atoms. The van der Waals surface area contributed by atoms with Crippen LogP contribution in [0.25, 0.3) is 0 Å². The van der Waals surface area contributed by atoms with Gasteiger partial charge in [0.2, 0.25) is 5.91 Å². The van der Waals surface area contributed by atoms with Crippen molar-refractivity contribution >= 4 is 11.8 Å². The molecule has 0 N–H and O–H groups in total. The molecule has 0 aromatic heterocycles. The number of hydrogen-bond acceptors (Lipinski definition) is 2. The number of carbonyl (C=O) groups is 2. The third kappa shape index (κ3) is 4.13. The molecule has 1 saturated heterocycles. The summed E-state index contributed by atoms with van der Waals surface area (Å²) in [5.74, 6) is 0.147. The van der Waals surface area contributed by atoms with Crippen molar-refractivity contribution in [2.24, 2.45) is 0 Å². The van der Waals surface area contributed by atoms with Crippen LogP contribution in [-0.2, 0) is 4.79 Å². The van der Waals surface area contributed by atoms with Crippen LogP contribution in [0.15, 0.2) is 60.7 Å². The van der Waals surface area contributed by atoms with Crippen LogP contribution in [0.2, 0.25) is 0 Å². The highest BCUT2D eigenvalue weighted by Gasteiger charge is 2.29. The van der Waals surface area contributed by atoms with E-state index in [0.717, 1.165) is 18.4 Å². The molecule has 26 heavy (non-hydrogen) atoms. The lowest BCUT2D eigenvalue weighted by molar-refractivity contribution is -0.134. The highest BCUT2D eigenvalue weighted by Crippen LogP contribution is 2.24. The standard InChI is InChI=1S/C22H26N2O2/c1-2-9-20(18-10-5-3-6-11-18)22(26)24-16-14-23(15-17-24)21(25)19-12-7-4-8-13-19/h3-8,10-13,20H,2,9,14-17H2,1H3. The molecule has 0 aliphatic carbocycles. The summed E-state index contributed by atoms with van der Waals surface area (Å²) in [6, 6.07) is 19.4. The Balaban J connectivity index is 1.63. The van der Waals surface area contributed by atoms with E-state index in [1.54, 1.807) is 0 Å². The van der Waals surface area contributed by atoms with E-state index in [-0.39, 0.29) is 17.7 Å². The minimum atomic E-state index is -0.0856. The zero-order valence-electron chi connectivity index (χ0n) is 15.3. The van der Waals surface area contributed by atoms with Gasteiger partial charge in [0.15, 0.2) is 0 Å². The highest BCUT2D eigenvalue weighted by atomic mass is 16.2. The number of rotatable bonds is 5. The molecule has 1 aliphatic rings. The highest BCUT2D eigenvalue weighted by molar-refractivity contribution is 5.94. The van der Waals surface area contributed by atoms with Gasteiger partial charge in [0.05, 0.1) is 5.92 Å². The van der Waals surface area contributed by atoms with Crippen molar-refractivity contribution in [3.05, 3.63) is 71.8 Å². The quantitative estimate of drug-likeness (QED) is 0.827. The van der Waals surface area contributed by atoms with E-state index in [0.29, 0.717) is 31.7 Å². The Morgan fingerprint density at radius 1 is 0.846 bits per heavy atom. The first-order valence-electron chi connectivity index (χ1n) is 9.38. The summed E-state index contributed by atoms with van der Waals surface area (Å²) in [4.78, 5) is 29.4. The SMILES string of the molecule is CCCC(C(=O)N1CCN(C(=O)c2ccccc2)CC1)c1ccccc1. The third-order valence-electron chi connectivity index (χ3n) is 4.98. The van der Waals surface area contributed by atoms with Crippen LogP contribution in [0.5, 0.6) is 0 Å². The normalized spacial score (nSPS) is 15.6. The summed E-state index contributed by atoms with van der Waals surface area (Å²) >= 11 is 0. The molecule has 2 amide bonds. The van der Waals surface area contributed by atoms with Gasteiger partial charge in [-0.25, -0.2) is 0 Å². The van der Waals surface area contributed by atoms with E-state index in [4.69, 9.17) is 0 Å². The molecule has 1 unspecified atom stereocenters. The van der Waals surface area contributed by atoms with E-state index >= 15 is 0 Å². The average molecular weight is 350 g/mol. The molecule has 2 aromatic carbocycles. The smallest absolute Gasteiger partial charge is 0.253 e. The molecule has 1 atom stereocenters. The lowest BCUT2D eigenvalue weighted by Gasteiger charge is -2.36. The van der Waals surface area contributed by atoms with Gasteiger partial charge < -0.3 is 9.80 Å². The molecule has 0 radical (unpaired) electrons. The number of hydrogen-bond donors (Lipinski definition) is 0. The number of piperazine rings is 1. The second-order valence-corrected chi connectivity index (χ2v) is 6.74. The fourth-order valence-corrected chi connectivity index (χ4v) is 3.52. The molecule has 3 rings (SSSR count). The summed E-state index contributed by atoms with van der Waals surface area (Å²) in [5, 5.41) is 0. The summed E-state index contributed by atoms with van der Waals surface area (Å²) in [6.45, 7) is 4.49. The second kappa shape index (κ2) is 8.65. The van der Waals surface area contributed by atoms with E-state index in [2.05, 4.69) is 6.92 Å².